The Hall–Kier alpha value is -3.07. The zero-order chi connectivity index (χ0) is 21.0. The second kappa shape index (κ2) is 8.52. The van der Waals surface area contributed by atoms with Crippen molar-refractivity contribution in [2.24, 2.45) is 0 Å². The van der Waals surface area contributed by atoms with E-state index in [0.717, 1.165) is 23.5 Å². The van der Waals surface area contributed by atoms with Crippen LogP contribution >= 0.6 is 11.3 Å². The highest BCUT2D eigenvalue weighted by Gasteiger charge is 2.30. The van der Waals surface area contributed by atoms with Crippen LogP contribution in [0.4, 0.5) is 13.2 Å². The monoisotopic (exact) mass is 422 g/mol. The molecule has 3 rings (SSSR count). The van der Waals surface area contributed by atoms with E-state index in [1.807, 2.05) is 0 Å². The summed E-state index contributed by atoms with van der Waals surface area (Å²) in [7, 11) is 3.02. The Morgan fingerprint density at radius 2 is 1.90 bits per heavy atom. The van der Waals surface area contributed by atoms with Gasteiger partial charge in [0, 0.05) is 23.1 Å². The van der Waals surface area contributed by atoms with Gasteiger partial charge in [-0.2, -0.15) is 13.2 Å². The number of halogens is 3. The van der Waals surface area contributed by atoms with Crippen molar-refractivity contribution in [2.45, 2.75) is 12.7 Å². The molecular weight excluding hydrogens is 405 g/mol. The van der Waals surface area contributed by atoms with E-state index in [-0.39, 0.29) is 12.2 Å². The normalized spacial score (nSPS) is 11.2. The molecule has 0 atom stereocenters. The molecule has 0 saturated carbocycles. The van der Waals surface area contributed by atoms with Gasteiger partial charge >= 0.3 is 6.18 Å². The van der Waals surface area contributed by atoms with Gasteiger partial charge < -0.3 is 14.8 Å². The first-order valence-corrected chi connectivity index (χ1v) is 9.32. The number of nitrogens with zero attached hydrogens (tertiary/aromatic N) is 1. The fourth-order valence-electron chi connectivity index (χ4n) is 2.70. The number of carbonyl (C=O) groups excluding carboxylic acids is 1. The number of ether oxygens (including phenoxy) is 2. The maximum Gasteiger partial charge on any atom is 0.416 e. The smallest absolute Gasteiger partial charge is 0.416 e. The zero-order valence-electron chi connectivity index (χ0n) is 15.5. The lowest BCUT2D eigenvalue weighted by molar-refractivity contribution is -0.137. The molecule has 0 spiro atoms. The van der Waals surface area contributed by atoms with Gasteiger partial charge in [-0.1, -0.05) is 24.3 Å². The van der Waals surface area contributed by atoms with E-state index in [1.54, 1.807) is 18.2 Å². The molecular formula is C20H17F3N2O3S. The Balaban J connectivity index is 1.74. The number of hydrogen-bond acceptors (Lipinski definition) is 5. The Kier molecular flexibility index (Phi) is 6.07. The third-order valence-electron chi connectivity index (χ3n) is 4.10. The highest BCUT2D eigenvalue weighted by Crippen LogP contribution is 2.33. The van der Waals surface area contributed by atoms with Crippen LogP contribution in [0, 0.1) is 0 Å². The molecule has 1 heterocycles. The molecule has 5 nitrogen and oxygen atoms in total. The van der Waals surface area contributed by atoms with E-state index in [4.69, 9.17) is 9.47 Å². The molecule has 0 aliphatic carbocycles. The highest BCUT2D eigenvalue weighted by atomic mass is 32.1. The zero-order valence-corrected chi connectivity index (χ0v) is 16.4. The molecule has 0 radical (unpaired) electrons. The number of benzene rings is 2. The SMILES string of the molecule is COc1cccc(CNC(=O)c2csc(-c3cccc(C(F)(F)F)c3)n2)c1OC. The van der Waals surface area contributed by atoms with Crippen molar-refractivity contribution in [3.63, 3.8) is 0 Å². The van der Waals surface area contributed by atoms with Crippen molar-refractivity contribution < 1.29 is 27.4 Å². The number of amides is 1. The number of carbonyl (C=O) groups is 1. The molecule has 9 heteroatoms. The number of rotatable bonds is 6. The maximum atomic E-state index is 12.9. The number of thiazole rings is 1. The molecule has 0 aliphatic heterocycles. The first-order chi connectivity index (χ1) is 13.8. The quantitative estimate of drug-likeness (QED) is 0.621. The summed E-state index contributed by atoms with van der Waals surface area (Å²) in [6, 6.07) is 10.2. The number of para-hydroxylation sites is 1. The van der Waals surface area contributed by atoms with E-state index >= 15 is 0 Å². The van der Waals surface area contributed by atoms with Gasteiger partial charge in [-0.05, 0) is 18.2 Å². The highest BCUT2D eigenvalue weighted by molar-refractivity contribution is 7.13. The Morgan fingerprint density at radius 3 is 2.59 bits per heavy atom. The van der Waals surface area contributed by atoms with Crippen LogP contribution in [0.15, 0.2) is 47.8 Å². The van der Waals surface area contributed by atoms with Gasteiger partial charge in [0.15, 0.2) is 11.5 Å². The lowest BCUT2D eigenvalue weighted by Gasteiger charge is -2.12. The van der Waals surface area contributed by atoms with E-state index in [2.05, 4.69) is 10.3 Å². The molecule has 1 amide bonds. The average Bonchev–Trinajstić information content (AvgIpc) is 3.21. The van der Waals surface area contributed by atoms with E-state index in [0.29, 0.717) is 27.6 Å². The largest absolute Gasteiger partial charge is 0.493 e. The van der Waals surface area contributed by atoms with Crippen LogP contribution in [-0.4, -0.2) is 25.1 Å². The number of nitrogens with one attached hydrogen (secondary N) is 1. The van der Waals surface area contributed by atoms with Crippen LogP contribution in [0.2, 0.25) is 0 Å². The van der Waals surface area contributed by atoms with Crippen molar-refractivity contribution in [3.8, 4) is 22.1 Å². The Labute approximate surface area is 169 Å². The molecule has 29 heavy (non-hydrogen) atoms. The van der Waals surface area contributed by atoms with Gasteiger partial charge in [-0.25, -0.2) is 4.98 Å². The fraction of sp³-hybridized carbons (Fsp3) is 0.200. The van der Waals surface area contributed by atoms with E-state index in [1.165, 1.54) is 31.7 Å². The summed E-state index contributed by atoms with van der Waals surface area (Å²) in [6.45, 7) is 0.176. The summed E-state index contributed by atoms with van der Waals surface area (Å²) in [5.41, 5.74) is 0.387. The minimum Gasteiger partial charge on any atom is -0.493 e. The molecule has 1 N–H and O–H groups in total. The second-order valence-electron chi connectivity index (χ2n) is 5.95. The van der Waals surface area contributed by atoms with Crippen molar-refractivity contribution in [1.82, 2.24) is 10.3 Å². The Morgan fingerprint density at radius 1 is 1.14 bits per heavy atom. The lowest BCUT2D eigenvalue weighted by atomic mass is 10.1. The van der Waals surface area contributed by atoms with Crippen molar-refractivity contribution in [3.05, 3.63) is 64.7 Å². The molecule has 0 saturated heterocycles. The summed E-state index contributed by atoms with van der Waals surface area (Å²) < 4.78 is 49.2. The molecule has 0 bridgehead atoms. The van der Waals surface area contributed by atoms with Gasteiger partial charge in [-0.15, -0.1) is 11.3 Å². The molecule has 3 aromatic rings. The topological polar surface area (TPSA) is 60.5 Å². The van der Waals surface area contributed by atoms with Crippen LogP contribution in [0.25, 0.3) is 10.6 Å². The van der Waals surface area contributed by atoms with E-state index in [9.17, 15) is 18.0 Å². The second-order valence-corrected chi connectivity index (χ2v) is 6.81. The molecule has 1 aromatic heterocycles. The summed E-state index contributed by atoms with van der Waals surface area (Å²) in [5, 5.41) is 4.57. The number of aromatic nitrogens is 1. The van der Waals surface area contributed by atoms with Gasteiger partial charge in [0.05, 0.1) is 19.8 Å². The number of hydrogen-bond donors (Lipinski definition) is 1. The van der Waals surface area contributed by atoms with Gasteiger partial charge in [-0.3, -0.25) is 4.79 Å². The third kappa shape index (κ3) is 4.68. The van der Waals surface area contributed by atoms with Crippen molar-refractivity contribution in [1.29, 1.82) is 0 Å². The average molecular weight is 422 g/mol. The molecule has 152 valence electrons. The van der Waals surface area contributed by atoms with Gasteiger partial charge in [0.2, 0.25) is 0 Å². The van der Waals surface area contributed by atoms with Crippen LogP contribution in [0.3, 0.4) is 0 Å². The number of alkyl halides is 3. The molecule has 0 fully saturated rings. The minimum absolute atomic E-state index is 0.129. The molecule has 0 unspecified atom stereocenters. The van der Waals surface area contributed by atoms with Crippen LogP contribution in [0.5, 0.6) is 11.5 Å². The molecule has 2 aromatic carbocycles. The minimum atomic E-state index is -4.44. The lowest BCUT2D eigenvalue weighted by Crippen LogP contribution is -2.23. The standard InChI is InChI=1S/C20H17F3N2O3S/c1-27-16-8-4-6-13(17(16)28-2)10-24-18(26)15-11-29-19(25-15)12-5-3-7-14(9-12)20(21,22)23/h3-9,11H,10H2,1-2H3,(H,24,26). The number of methoxy groups -OCH3 is 2. The van der Waals surface area contributed by atoms with Gasteiger partial charge in [0.25, 0.3) is 5.91 Å². The van der Waals surface area contributed by atoms with Crippen molar-refractivity contribution in [2.75, 3.05) is 14.2 Å². The summed E-state index contributed by atoms with van der Waals surface area (Å²) in [4.78, 5) is 16.6. The first-order valence-electron chi connectivity index (χ1n) is 8.44. The predicted octanol–water partition coefficient (Wildman–Crippen LogP) is 4.78. The fourth-order valence-corrected chi connectivity index (χ4v) is 3.50. The summed E-state index contributed by atoms with van der Waals surface area (Å²) >= 11 is 1.10. The summed E-state index contributed by atoms with van der Waals surface area (Å²) in [6.07, 6.45) is -4.44. The summed E-state index contributed by atoms with van der Waals surface area (Å²) in [5.74, 6) is 0.613. The van der Waals surface area contributed by atoms with Crippen LogP contribution in [0.1, 0.15) is 21.6 Å². The maximum absolute atomic E-state index is 12.9. The van der Waals surface area contributed by atoms with Crippen LogP contribution in [-0.2, 0) is 12.7 Å². The predicted molar refractivity (Wildman–Crippen MR) is 103 cm³/mol. The van der Waals surface area contributed by atoms with Crippen molar-refractivity contribution >= 4 is 17.2 Å². The van der Waals surface area contributed by atoms with Crippen LogP contribution < -0.4 is 14.8 Å². The van der Waals surface area contributed by atoms with Gasteiger partial charge in [0.1, 0.15) is 10.7 Å². The molecule has 0 aliphatic rings. The third-order valence-corrected chi connectivity index (χ3v) is 4.99. The van der Waals surface area contributed by atoms with E-state index < -0.39 is 17.6 Å². The Bertz CT molecular complexity index is 1020. The first kappa shape index (κ1) is 20.7.